The molecule has 0 aliphatic rings. The van der Waals surface area contributed by atoms with Crippen molar-refractivity contribution in [2.45, 2.75) is 12.3 Å². The first-order valence-electron chi connectivity index (χ1n) is 5.38. The van der Waals surface area contributed by atoms with Crippen molar-refractivity contribution in [3.05, 3.63) is 30.2 Å². The zero-order chi connectivity index (χ0) is 13.7. The first-order chi connectivity index (χ1) is 9.22. The van der Waals surface area contributed by atoms with E-state index in [4.69, 9.17) is 21.4 Å². The summed E-state index contributed by atoms with van der Waals surface area (Å²) in [7, 11) is 0. The van der Waals surface area contributed by atoms with Crippen molar-refractivity contribution >= 4 is 23.2 Å². The molecule has 0 radical (unpaired) electrons. The van der Waals surface area contributed by atoms with Gasteiger partial charge in [-0.15, -0.1) is 11.6 Å². The van der Waals surface area contributed by atoms with E-state index in [0.717, 1.165) is 0 Å². The summed E-state index contributed by atoms with van der Waals surface area (Å²) in [5.74, 6) is 0.503. The Labute approximate surface area is 114 Å². The molecule has 0 saturated carbocycles. The molecule has 1 N–H and O–H groups in total. The maximum absolute atomic E-state index is 11.3. The van der Waals surface area contributed by atoms with Gasteiger partial charge in [-0.05, 0) is 12.1 Å². The second-order valence-corrected chi connectivity index (χ2v) is 3.88. The van der Waals surface area contributed by atoms with Gasteiger partial charge in [0.05, 0.1) is 6.07 Å². The van der Waals surface area contributed by atoms with Gasteiger partial charge in [0.15, 0.2) is 0 Å². The lowest BCUT2D eigenvalue weighted by atomic mass is 10.2. The number of aromatic nitrogens is 2. The molecule has 0 atom stereocenters. The number of halogens is 1. The number of nitrogens with one attached hydrogen (secondary N) is 1. The molecule has 6 nitrogen and oxygen atoms in total. The maximum Gasteiger partial charge on any atom is 0.241 e. The number of nitrogens with zero attached hydrogens (tertiary/aromatic N) is 3. The third-order valence-electron chi connectivity index (χ3n) is 2.23. The van der Waals surface area contributed by atoms with E-state index >= 15 is 0 Å². The predicted molar refractivity (Wildman–Crippen MR) is 68.2 cm³/mol. The van der Waals surface area contributed by atoms with Crippen molar-refractivity contribution in [3.63, 3.8) is 0 Å². The molecule has 2 rings (SSSR count). The van der Waals surface area contributed by atoms with Crippen LogP contribution in [0.15, 0.2) is 28.8 Å². The number of hydrogen-bond acceptors (Lipinski definition) is 5. The lowest BCUT2D eigenvalue weighted by Crippen LogP contribution is -2.09. The van der Waals surface area contributed by atoms with Crippen molar-refractivity contribution < 1.29 is 9.32 Å². The topological polar surface area (TPSA) is 91.8 Å². The molecule has 19 heavy (non-hydrogen) atoms. The van der Waals surface area contributed by atoms with E-state index in [2.05, 4.69) is 15.5 Å². The van der Waals surface area contributed by atoms with E-state index in [1.165, 1.54) is 0 Å². The molecule has 1 aromatic carbocycles. The van der Waals surface area contributed by atoms with Crippen LogP contribution < -0.4 is 5.32 Å². The van der Waals surface area contributed by atoms with Crippen LogP contribution in [-0.4, -0.2) is 16.0 Å². The zero-order valence-corrected chi connectivity index (χ0v) is 10.5. The molecule has 2 aromatic rings. The van der Waals surface area contributed by atoms with Gasteiger partial charge in [0.1, 0.15) is 12.3 Å². The van der Waals surface area contributed by atoms with Gasteiger partial charge in [-0.2, -0.15) is 10.2 Å². The van der Waals surface area contributed by atoms with Gasteiger partial charge in [-0.25, -0.2) is 0 Å². The van der Waals surface area contributed by atoms with Gasteiger partial charge in [0.25, 0.3) is 0 Å². The highest BCUT2D eigenvalue weighted by Crippen LogP contribution is 2.20. The molecular formula is C12H9ClN4O2. The van der Waals surface area contributed by atoms with Crippen molar-refractivity contribution in [2.24, 2.45) is 0 Å². The minimum Gasteiger partial charge on any atom is -0.338 e. The molecule has 0 aliphatic heterocycles. The van der Waals surface area contributed by atoms with E-state index in [1.807, 2.05) is 0 Å². The van der Waals surface area contributed by atoms with E-state index in [-0.39, 0.29) is 18.2 Å². The molecule has 0 spiro atoms. The van der Waals surface area contributed by atoms with Gasteiger partial charge in [0, 0.05) is 11.3 Å². The minimum absolute atomic E-state index is 0.144. The number of rotatable bonds is 4. The Morgan fingerprint density at radius 1 is 1.53 bits per heavy atom. The summed E-state index contributed by atoms with van der Waals surface area (Å²) in [5.41, 5.74) is 1.25. The number of benzene rings is 1. The highest BCUT2D eigenvalue weighted by atomic mass is 35.5. The quantitative estimate of drug-likeness (QED) is 0.865. The monoisotopic (exact) mass is 276 g/mol. The molecule has 0 bridgehead atoms. The highest BCUT2D eigenvalue weighted by Gasteiger charge is 2.09. The average molecular weight is 277 g/mol. The zero-order valence-electron chi connectivity index (χ0n) is 9.76. The van der Waals surface area contributed by atoms with Gasteiger partial charge >= 0.3 is 0 Å². The predicted octanol–water partition coefficient (Wildman–Crippen LogP) is 2.33. The number of alkyl halides is 1. The van der Waals surface area contributed by atoms with E-state index in [9.17, 15) is 4.79 Å². The van der Waals surface area contributed by atoms with Crippen molar-refractivity contribution in [1.29, 1.82) is 5.26 Å². The Balaban J connectivity index is 2.19. The average Bonchev–Trinajstić information content (AvgIpc) is 2.88. The van der Waals surface area contributed by atoms with Gasteiger partial charge in [-0.3, -0.25) is 4.79 Å². The van der Waals surface area contributed by atoms with Crippen LogP contribution in [0, 0.1) is 11.3 Å². The number of hydrogen-bond donors (Lipinski definition) is 1. The number of amides is 1. The summed E-state index contributed by atoms with van der Waals surface area (Å²) in [4.78, 5) is 15.4. The van der Waals surface area contributed by atoms with Crippen LogP contribution in [0.3, 0.4) is 0 Å². The number of carbonyl (C=O) groups excluding carboxylic acids is 1. The molecule has 1 heterocycles. The van der Waals surface area contributed by atoms with E-state index in [1.54, 1.807) is 30.3 Å². The third kappa shape index (κ3) is 3.30. The summed E-state index contributed by atoms with van der Waals surface area (Å²) in [5, 5.41) is 14.8. The number of anilines is 1. The van der Waals surface area contributed by atoms with Gasteiger partial charge in [0.2, 0.25) is 17.6 Å². The second-order valence-electron chi connectivity index (χ2n) is 3.61. The Kier molecular flexibility index (Phi) is 4.11. The molecule has 1 aromatic heterocycles. The summed E-state index contributed by atoms with van der Waals surface area (Å²) >= 11 is 5.58. The van der Waals surface area contributed by atoms with Crippen LogP contribution in [0.1, 0.15) is 12.3 Å². The highest BCUT2D eigenvalue weighted by molar-refractivity contribution is 6.16. The normalized spacial score (nSPS) is 9.89. The molecule has 7 heteroatoms. The fourth-order valence-electron chi connectivity index (χ4n) is 1.44. The van der Waals surface area contributed by atoms with Crippen LogP contribution in [0.2, 0.25) is 0 Å². The Morgan fingerprint density at radius 2 is 2.37 bits per heavy atom. The van der Waals surface area contributed by atoms with Crippen LogP contribution in [0.4, 0.5) is 5.69 Å². The lowest BCUT2D eigenvalue weighted by molar-refractivity contribution is -0.115. The standard InChI is InChI=1S/C12H9ClN4O2/c13-7-11-16-12(17-19-11)8-2-1-3-9(6-8)15-10(18)4-5-14/h1-3,6H,4,7H2,(H,15,18). The van der Waals surface area contributed by atoms with Crippen LogP contribution in [0.5, 0.6) is 0 Å². The molecule has 0 saturated heterocycles. The molecular weight excluding hydrogens is 268 g/mol. The SMILES string of the molecule is N#CCC(=O)Nc1cccc(-c2noc(CCl)n2)c1. The largest absolute Gasteiger partial charge is 0.338 e. The van der Waals surface area contributed by atoms with Gasteiger partial charge in [-0.1, -0.05) is 17.3 Å². The van der Waals surface area contributed by atoms with Gasteiger partial charge < -0.3 is 9.84 Å². The maximum atomic E-state index is 11.3. The number of carbonyl (C=O) groups is 1. The Hall–Kier alpha value is -2.39. The number of nitriles is 1. The smallest absolute Gasteiger partial charge is 0.241 e. The van der Waals surface area contributed by atoms with Crippen LogP contribution >= 0.6 is 11.6 Å². The van der Waals surface area contributed by atoms with E-state index < -0.39 is 0 Å². The molecule has 0 unspecified atom stereocenters. The molecule has 0 aliphatic carbocycles. The van der Waals surface area contributed by atoms with Crippen molar-refractivity contribution in [2.75, 3.05) is 5.32 Å². The third-order valence-corrected chi connectivity index (χ3v) is 2.46. The van der Waals surface area contributed by atoms with Crippen molar-refractivity contribution in [3.8, 4) is 17.5 Å². The summed E-state index contributed by atoms with van der Waals surface area (Å²) in [6.07, 6.45) is -0.192. The van der Waals surface area contributed by atoms with Crippen molar-refractivity contribution in [1.82, 2.24) is 10.1 Å². The van der Waals surface area contributed by atoms with Crippen LogP contribution in [0.25, 0.3) is 11.4 Å². The summed E-state index contributed by atoms with van der Waals surface area (Å²) in [6, 6.07) is 8.71. The fourth-order valence-corrected chi connectivity index (χ4v) is 1.55. The molecule has 1 amide bonds. The summed E-state index contributed by atoms with van der Waals surface area (Å²) in [6.45, 7) is 0. The first kappa shape index (κ1) is 13.1. The Morgan fingerprint density at radius 3 is 3.05 bits per heavy atom. The molecule has 96 valence electrons. The fraction of sp³-hybridized carbons (Fsp3) is 0.167. The lowest BCUT2D eigenvalue weighted by Gasteiger charge is -2.03. The van der Waals surface area contributed by atoms with Crippen LogP contribution in [-0.2, 0) is 10.7 Å². The molecule has 0 fully saturated rings. The summed E-state index contributed by atoms with van der Waals surface area (Å²) < 4.78 is 4.90. The second kappa shape index (κ2) is 5.98. The first-order valence-corrected chi connectivity index (χ1v) is 5.92. The van der Waals surface area contributed by atoms with E-state index in [0.29, 0.717) is 23.0 Å². The Bertz CT molecular complexity index is 633. The minimum atomic E-state index is -0.366.